The number of carbonyl (C=O) groups is 1. The topological polar surface area (TPSA) is 59.8 Å². The number of rotatable bonds is 4. The Morgan fingerprint density at radius 1 is 1.08 bits per heavy atom. The maximum Gasteiger partial charge on any atom is 0.338 e. The van der Waals surface area contributed by atoms with Gasteiger partial charge in [0.1, 0.15) is 12.2 Å². The Kier molecular flexibility index (Phi) is 4.80. The highest BCUT2D eigenvalue weighted by atomic mass is 16.5. The Bertz CT molecular complexity index is 1030. The summed E-state index contributed by atoms with van der Waals surface area (Å²) in [7, 11) is 3.81. The predicted molar refractivity (Wildman–Crippen MR) is 102 cm³/mol. The molecule has 2 aromatic carbocycles. The second-order valence-corrected chi connectivity index (χ2v) is 6.54. The van der Waals surface area contributed by atoms with Gasteiger partial charge in [-0.15, -0.1) is 0 Å². The monoisotopic (exact) mass is 351 g/mol. The van der Waals surface area contributed by atoms with Crippen LogP contribution in [0.25, 0.3) is 11.0 Å². The molecule has 0 atom stereocenters. The van der Waals surface area contributed by atoms with Gasteiger partial charge in [-0.25, -0.2) is 9.59 Å². The largest absolute Gasteiger partial charge is 0.457 e. The fourth-order valence-corrected chi connectivity index (χ4v) is 2.74. The molecule has 5 nitrogen and oxygen atoms in total. The van der Waals surface area contributed by atoms with Crippen LogP contribution in [-0.4, -0.2) is 20.1 Å². The lowest BCUT2D eigenvalue weighted by molar-refractivity contribution is 0.0474. The number of ether oxygens (including phenoxy) is 1. The minimum Gasteiger partial charge on any atom is -0.457 e. The van der Waals surface area contributed by atoms with Gasteiger partial charge in [0.15, 0.2) is 0 Å². The molecule has 0 N–H and O–H groups in total. The molecule has 0 saturated carbocycles. The highest BCUT2D eigenvalue weighted by Crippen LogP contribution is 2.22. The molecule has 5 heteroatoms. The van der Waals surface area contributed by atoms with Gasteiger partial charge in [0.25, 0.3) is 0 Å². The van der Waals surface area contributed by atoms with Crippen LogP contribution in [0.5, 0.6) is 0 Å². The number of fused-ring (bicyclic) bond motifs is 1. The Labute approximate surface area is 151 Å². The summed E-state index contributed by atoms with van der Waals surface area (Å²) < 4.78 is 10.7. The Morgan fingerprint density at radius 3 is 2.54 bits per heavy atom. The number of nitrogens with zero attached hydrogens (tertiary/aromatic N) is 1. The van der Waals surface area contributed by atoms with E-state index in [0.29, 0.717) is 16.7 Å². The van der Waals surface area contributed by atoms with Crippen molar-refractivity contribution in [3.05, 3.63) is 75.1 Å². The number of hydrogen-bond donors (Lipinski definition) is 0. The van der Waals surface area contributed by atoms with Gasteiger partial charge in [0.2, 0.25) is 0 Å². The number of anilines is 1. The van der Waals surface area contributed by atoms with Crippen molar-refractivity contribution in [2.75, 3.05) is 19.0 Å². The summed E-state index contributed by atoms with van der Waals surface area (Å²) in [5, 5.41) is 0.780. The Hall–Kier alpha value is -3.08. The van der Waals surface area contributed by atoms with Crippen molar-refractivity contribution < 1.29 is 13.9 Å². The zero-order chi connectivity index (χ0) is 18.8. The first-order chi connectivity index (χ1) is 12.3. The molecule has 0 unspecified atom stereocenters. The molecule has 0 saturated heterocycles. The van der Waals surface area contributed by atoms with Crippen LogP contribution in [0, 0.1) is 13.8 Å². The van der Waals surface area contributed by atoms with Crippen molar-refractivity contribution in [2.45, 2.75) is 20.5 Å². The molecule has 0 bridgehead atoms. The molecule has 0 aliphatic rings. The van der Waals surface area contributed by atoms with E-state index in [1.165, 1.54) is 6.07 Å². The molecule has 0 spiro atoms. The van der Waals surface area contributed by atoms with E-state index < -0.39 is 11.6 Å². The standard InChI is InChI=1S/C21H21NO4/c1-13-8-18-16(11-20(23)26-19(18)9-14(13)2)12-25-21(24)15-6-5-7-17(10-15)22(3)4/h5-11H,12H2,1-4H3. The third kappa shape index (κ3) is 3.61. The van der Waals surface area contributed by atoms with Crippen molar-refractivity contribution >= 4 is 22.6 Å². The zero-order valence-corrected chi connectivity index (χ0v) is 15.3. The molecular weight excluding hydrogens is 330 g/mol. The Balaban J connectivity index is 1.88. The van der Waals surface area contributed by atoms with Crippen LogP contribution in [-0.2, 0) is 11.3 Å². The minimum atomic E-state index is -0.457. The van der Waals surface area contributed by atoms with E-state index in [2.05, 4.69) is 0 Å². The fraction of sp³-hybridized carbons (Fsp3) is 0.238. The van der Waals surface area contributed by atoms with Crippen LogP contribution in [0.1, 0.15) is 27.0 Å². The normalized spacial score (nSPS) is 10.8. The highest BCUT2D eigenvalue weighted by molar-refractivity contribution is 5.91. The first-order valence-corrected chi connectivity index (χ1v) is 8.33. The van der Waals surface area contributed by atoms with Crippen molar-refractivity contribution in [1.82, 2.24) is 0 Å². The quantitative estimate of drug-likeness (QED) is 0.528. The molecule has 134 valence electrons. The molecule has 26 heavy (non-hydrogen) atoms. The fourth-order valence-electron chi connectivity index (χ4n) is 2.74. The number of carbonyl (C=O) groups excluding carboxylic acids is 1. The molecule has 1 heterocycles. The van der Waals surface area contributed by atoms with E-state index in [1.807, 2.05) is 57.1 Å². The number of esters is 1. The number of hydrogen-bond acceptors (Lipinski definition) is 5. The third-order valence-electron chi connectivity index (χ3n) is 4.40. The highest BCUT2D eigenvalue weighted by Gasteiger charge is 2.12. The predicted octanol–water partition coefficient (Wildman–Crippen LogP) is 3.83. The van der Waals surface area contributed by atoms with Gasteiger partial charge in [-0.1, -0.05) is 6.07 Å². The van der Waals surface area contributed by atoms with E-state index in [-0.39, 0.29) is 6.61 Å². The van der Waals surface area contributed by atoms with Crippen LogP contribution >= 0.6 is 0 Å². The van der Waals surface area contributed by atoms with Crippen LogP contribution in [0.15, 0.2) is 51.7 Å². The average molecular weight is 351 g/mol. The summed E-state index contributed by atoms with van der Waals surface area (Å²) in [4.78, 5) is 26.1. The second-order valence-electron chi connectivity index (χ2n) is 6.54. The molecule has 0 fully saturated rings. The summed E-state index contributed by atoms with van der Waals surface area (Å²) in [6.45, 7) is 3.96. The van der Waals surface area contributed by atoms with Crippen molar-refractivity contribution in [3.8, 4) is 0 Å². The molecule has 1 aromatic heterocycles. The van der Waals surface area contributed by atoms with Gasteiger partial charge in [0.05, 0.1) is 5.56 Å². The van der Waals surface area contributed by atoms with Gasteiger partial charge in [-0.05, 0) is 55.3 Å². The van der Waals surface area contributed by atoms with E-state index in [4.69, 9.17) is 9.15 Å². The molecular formula is C21H21NO4. The lowest BCUT2D eigenvalue weighted by atomic mass is 10.0. The Morgan fingerprint density at radius 2 is 1.81 bits per heavy atom. The number of benzene rings is 2. The maximum absolute atomic E-state index is 12.4. The van der Waals surface area contributed by atoms with E-state index >= 15 is 0 Å². The minimum absolute atomic E-state index is 0.00955. The van der Waals surface area contributed by atoms with E-state index in [9.17, 15) is 9.59 Å². The maximum atomic E-state index is 12.4. The summed E-state index contributed by atoms with van der Waals surface area (Å²) >= 11 is 0. The van der Waals surface area contributed by atoms with Crippen molar-refractivity contribution in [1.29, 1.82) is 0 Å². The number of aryl methyl sites for hydroxylation is 2. The van der Waals surface area contributed by atoms with Gasteiger partial charge in [-0.3, -0.25) is 0 Å². The molecule has 0 radical (unpaired) electrons. The van der Waals surface area contributed by atoms with Crippen LogP contribution in [0.3, 0.4) is 0 Å². The van der Waals surface area contributed by atoms with Gasteiger partial charge >= 0.3 is 11.6 Å². The first-order valence-electron chi connectivity index (χ1n) is 8.33. The van der Waals surface area contributed by atoms with E-state index in [1.54, 1.807) is 12.1 Å². The van der Waals surface area contributed by atoms with Crippen LogP contribution in [0.2, 0.25) is 0 Å². The van der Waals surface area contributed by atoms with Gasteiger partial charge in [0, 0.05) is 36.8 Å². The van der Waals surface area contributed by atoms with E-state index in [0.717, 1.165) is 22.2 Å². The van der Waals surface area contributed by atoms with Crippen LogP contribution < -0.4 is 10.5 Å². The van der Waals surface area contributed by atoms with Crippen molar-refractivity contribution in [3.63, 3.8) is 0 Å². The molecule has 3 rings (SSSR count). The molecule has 3 aromatic rings. The smallest absolute Gasteiger partial charge is 0.338 e. The SMILES string of the molecule is Cc1cc2oc(=O)cc(COC(=O)c3cccc(N(C)C)c3)c2cc1C. The average Bonchev–Trinajstić information content (AvgIpc) is 2.61. The summed E-state index contributed by atoms with van der Waals surface area (Å²) in [6, 6.07) is 12.4. The lowest BCUT2D eigenvalue weighted by Crippen LogP contribution is -2.11. The lowest BCUT2D eigenvalue weighted by Gasteiger charge is -2.13. The van der Waals surface area contributed by atoms with Gasteiger partial charge in [-0.2, -0.15) is 0 Å². The first kappa shape index (κ1) is 17.7. The summed E-state index contributed by atoms with van der Waals surface area (Å²) in [6.07, 6.45) is 0. The zero-order valence-electron chi connectivity index (χ0n) is 15.3. The molecule has 0 aliphatic heterocycles. The molecule has 0 aliphatic carbocycles. The van der Waals surface area contributed by atoms with Crippen LogP contribution in [0.4, 0.5) is 5.69 Å². The van der Waals surface area contributed by atoms with Crippen molar-refractivity contribution in [2.24, 2.45) is 0 Å². The second kappa shape index (κ2) is 7.04. The molecule has 0 amide bonds. The summed E-state index contributed by atoms with van der Waals surface area (Å²) in [5.41, 5.74) is 4.18. The van der Waals surface area contributed by atoms with Gasteiger partial charge < -0.3 is 14.1 Å². The third-order valence-corrected chi connectivity index (χ3v) is 4.40. The summed E-state index contributed by atoms with van der Waals surface area (Å²) in [5.74, 6) is -0.432.